The molecule has 0 radical (unpaired) electrons. The summed E-state index contributed by atoms with van der Waals surface area (Å²) in [5.74, 6) is -2.81. The summed E-state index contributed by atoms with van der Waals surface area (Å²) < 4.78 is 0. The van der Waals surface area contributed by atoms with Gasteiger partial charge in [0, 0.05) is 16.7 Å². The molecule has 6 nitrogen and oxygen atoms in total. The highest BCUT2D eigenvalue weighted by atomic mass is 16.3. The van der Waals surface area contributed by atoms with E-state index in [1.54, 1.807) is 18.2 Å². The van der Waals surface area contributed by atoms with E-state index in [0.29, 0.717) is 39.0 Å². The largest absolute Gasteiger partial charge is 0.504 e. The molecule has 0 fully saturated rings. The molecule has 2 aliphatic rings. The van der Waals surface area contributed by atoms with Crippen LogP contribution in [0.5, 0.6) is 11.5 Å². The summed E-state index contributed by atoms with van der Waals surface area (Å²) in [5, 5.41) is 31.9. The molecule has 1 aromatic rings. The highest BCUT2D eigenvalue weighted by Gasteiger charge is 2.34. The molecule has 6 heteroatoms. The van der Waals surface area contributed by atoms with Gasteiger partial charge in [-0.15, -0.1) is 0 Å². The molecule has 0 bridgehead atoms. The molecule has 0 spiro atoms. The van der Waals surface area contributed by atoms with Crippen molar-refractivity contribution in [3.05, 3.63) is 75.6 Å². The van der Waals surface area contributed by atoms with E-state index < -0.39 is 39.4 Å². The number of ketones is 3. The third-order valence-electron chi connectivity index (χ3n) is 6.50. The van der Waals surface area contributed by atoms with Crippen molar-refractivity contribution < 1.29 is 29.7 Å². The molecule has 196 valence electrons. The molecule has 0 amide bonds. The van der Waals surface area contributed by atoms with Gasteiger partial charge in [-0.2, -0.15) is 0 Å². The van der Waals surface area contributed by atoms with Crippen molar-refractivity contribution in [1.82, 2.24) is 0 Å². The van der Waals surface area contributed by atoms with Crippen molar-refractivity contribution in [2.75, 3.05) is 0 Å². The van der Waals surface area contributed by atoms with Crippen LogP contribution in [-0.4, -0.2) is 32.7 Å². The second-order valence-corrected chi connectivity index (χ2v) is 12.7. The maximum atomic E-state index is 12.9. The van der Waals surface area contributed by atoms with Gasteiger partial charge in [0.25, 0.3) is 0 Å². The number of rotatable bonds is 2. The molecule has 0 saturated carbocycles. The Kier molecular flexibility index (Phi) is 6.80. The third kappa shape index (κ3) is 5.38. The summed E-state index contributed by atoms with van der Waals surface area (Å²) in [7, 11) is 0. The summed E-state index contributed by atoms with van der Waals surface area (Å²) >= 11 is 0. The Hall–Kier alpha value is -3.67. The standard InChI is InChI=1S/C31H36O6/c1-29(2,3)19-10-16(13-22(32)26(19)35)25(17-11-20(30(4,5)6)27(36)23(33)14-17)18-12-21(31(7,8)9)28(37)24(34)15-18/h10-15,32-33,35H,1-9H3. The number of hydrogen-bond donors (Lipinski definition) is 3. The van der Waals surface area contributed by atoms with Crippen LogP contribution in [0.2, 0.25) is 0 Å². The average molecular weight is 505 g/mol. The molecule has 0 unspecified atom stereocenters. The Morgan fingerprint density at radius 1 is 0.649 bits per heavy atom. The van der Waals surface area contributed by atoms with E-state index in [1.807, 2.05) is 62.3 Å². The SMILES string of the molecule is CC(C)(C)C1=CC(C(=C2C=C(O)C(=O)C(C(C)(C)C)=C2)c2cc(O)c(O)c(C(C)(C)C)c2)=CC(=O)C1=O. The number of aliphatic hydroxyl groups is 1. The minimum atomic E-state index is -0.681. The second-order valence-electron chi connectivity index (χ2n) is 12.7. The molecule has 0 heterocycles. The molecule has 0 aromatic heterocycles. The number of hydrogen-bond acceptors (Lipinski definition) is 6. The smallest absolute Gasteiger partial charge is 0.229 e. The number of carbonyl (C=O) groups excluding carboxylic acids is 3. The van der Waals surface area contributed by atoms with Crippen LogP contribution >= 0.6 is 0 Å². The monoisotopic (exact) mass is 504 g/mol. The molecule has 1 aromatic carbocycles. The molecule has 3 N–H and O–H groups in total. The van der Waals surface area contributed by atoms with Crippen LogP contribution < -0.4 is 0 Å². The van der Waals surface area contributed by atoms with Crippen LogP contribution in [0, 0.1) is 10.8 Å². The van der Waals surface area contributed by atoms with Gasteiger partial charge in [0.2, 0.25) is 17.3 Å². The van der Waals surface area contributed by atoms with Crippen LogP contribution in [0.25, 0.3) is 5.57 Å². The quantitative estimate of drug-likeness (QED) is 0.251. The Balaban J connectivity index is 2.51. The van der Waals surface area contributed by atoms with Crippen LogP contribution in [-0.2, 0) is 19.8 Å². The summed E-state index contributed by atoms with van der Waals surface area (Å²) in [6.07, 6.45) is 5.90. The van der Waals surface area contributed by atoms with E-state index in [4.69, 9.17) is 0 Å². The number of carbonyl (C=O) groups is 3. The van der Waals surface area contributed by atoms with Crippen molar-refractivity contribution in [3.63, 3.8) is 0 Å². The lowest BCUT2D eigenvalue weighted by atomic mass is 9.75. The molecule has 3 rings (SSSR count). The average Bonchev–Trinajstić information content (AvgIpc) is 2.72. The predicted molar refractivity (Wildman–Crippen MR) is 144 cm³/mol. The van der Waals surface area contributed by atoms with Gasteiger partial charge in [0.15, 0.2) is 17.3 Å². The zero-order valence-electron chi connectivity index (χ0n) is 23.0. The fraction of sp³-hybridized carbons (Fsp3) is 0.387. The first-order chi connectivity index (χ1) is 16.7. The van der Waals surface area contributed by atoms with Crippen molar-refractivity contribution in [2.24, 2.45) is 10.8 Å². The molecule has 37 heavy (non-hydrogen) atoms. The van der Waals surface area contributed by atoms with Crippen molar-refractivity contribution in [2.45, 2.75) is 67.7 Å². The Morgan fingerprint density at radius 3 is 1.70 bits per heavy atom. The Morgan fingerprint density at radius 2 is 1.19 bits per heavy atom. The van der Waals surface area contributed by atoms with Crippen molar-refractivity contribution >= 4 is 22.9 Å². The summed E-state index contributed by atoms with van der Waals surface area (Å²) in [6.45, 7) is 16.8. The van der Waals surface area contributed by atoms with E-state index in [0.717, 1.165) is 0 Å². The highest BCUT2D eigenvalue weighted by Crippen LogP contribution is 2.44. The third-order valence-corrected chi connectivity index (χ3v) is 6.50. The zero-order chi connectivity index (χ0) is 28.2. The maximum Gasteiger partial charge on any atom is 0.229 e. The number of aliphatic hydroxyl groups excluding tert-OH is 1. The van der Waals surface area contributed by atoms with Crippen LogP contribution in [0.15, 0.2) is 64.5 Å². The first-order valence-corrected chi connectivity index (χ1v) is 12.2. The molecule has 2 aliphatic carbocycles. The van der Waals surface area contributed by atoms with E-state index in [-0.39, 0.29) is 11.5 Å². The van der Waals surface area contributed by atoms with E-state index in [2.05, 4.69) is 0 Å². The Bertz CT molecular complexity index is 1370. The minimum Gasteiger partial charge on any atom is -0.504 e. The van der Waals surface area contributed by atoms with Gasteiger partial charge in [0.1, 0.15) is 0 Å². The number of phenolic OH excluding ortho intramolecular Hbond substituents is 2. The lowest BCUT2D eigenvalue weighted by Crippen LogP contribution is -2.27. The van der Waals surface area contributed by atoms with Gasteiger partial charge in [-0.1, -0.05) is 62.3 Å². The van der Waals surface area contributed by atoms with Crippen molar-refractivity contribution in [1.29, 1.82) is 0 Å². The molecular weight excluding hydrogens is 468 g/mol. The lowest BCUT2D eigenvalue weighted by molar-refractivity contribution is -0.132. The van der Waals surface area contributed by atoms with Gasteiger partial charge < -0.3 is 15.3 Å². The van der Waals surface area contributed by atoms with E-state index in [9.17, 15) is 29.7 Å². The number of phenols is 2. The topological polar surface area (TPSA) is 112 Å². The Labute approximate surface area is 218 Å². The predicted octanol–water partition coefficient (Wildman–Crippen LogP) is 6.20. The number of aromatic hydroxyl groups is 2. The number of allylic oxidation sites excluding steroid dienone is 9. The summed E-state index contributed by atoms with van der Waals surface area (Å²) in [5.41, 5.74) is 1.14. The first kappa shape index (κ1) is 27.9. The fourth-order valence-electron chi connectivity index (χ4n) is 4.45. The lowest BCUT2D eigenvalue weighted by Gasteiger charge is -2.28. The second kappa shape index (κ2) is 9.02. The number of Topliss-reactive ketones (excluding diaryl/α,β-unsaturated/α-hetero) is 2. The van der Waals surface area contributed by atoms with Crippen molar-refractivity contribution in [3.8, 4) is 11.5 Å². The molecule has 0 saturated heterocycles. The normalized spacial score (nSPS) is 18.8. The van der Waals surface area contributed by atoms with Gasteiger partial charge in [-0.3, -0.25) is 14.4 Å². The van der Waals surface area contributed by atoms with Crippen LogP contribution in [0.1, 0.15) is 73.4 Å². The molecule has 0 atom stereocenters. The molecular formula is C31H36O6. The molecule has 0 aliphatic heterocycles. The zero-order valence-corrected chi connectivity index (χ0v) is 23.0. The summed E-state index contributed by atoms with van der Waals surface area (Å²) in [6, 6.07) is 3.10. The fourth-order valence-corrected chi connectivity index (χ4v) is 4.45. The van der Waals surface area contributed by atoms with Gasteiger partial charge in [-0.05, 0) is 75.0 Å². The van der Waals surface area contributed by atoms with E-state index in [1.165, 1.54) is 18.2 Å². The minimum absolute atomic E-state index is 0.251. The summed E-state index contributed by atoms with van der Waals surface area (Å²) in [4.78, 5) is 38.4. The highest BCUT2D eigenvalue weighted by molar-refractivity contribution is 6.49. The van der Waals surface area contributed by atoms with E-state index >= 15 is 0 Å². The van der Waals surface area contributed by atoms with Gasteiger partial charge >= 0.3 is 0 Å². The maximum absolute atomic E-state index is 12.9. The van der Waals surface area contributed by atoms with Gasteiger partial charge in [-0.25, -0.2) is 0 Å². The van der Waals surface area contributed by atoms with Crippen LogP contribution in [0.4, 0.5) is 0 Å². The van der Waals surface area contributed by atoms with Crippen LogP contribution in [0.3, 0.4) is 0 Å². The van der Waals surface area contributed by atoms with Gasteiger partial charge in [0.05, 0.1) is 0 Å². The number of benzene rings is 1. The first-order valence-electron chi connectivity index (χ1n) is 12.2.